The standard InChI is InChI=1S/C12H13FN2S/c1-9(10-2-4-11(13)5-3-10)14-6-12-7-16-8-15-12/h2-5,7-9,14H,6H2,1H3/t9-/m0/s1. The molecule has 1 atom stereocenters. The fraction of sp³-hybridized carbons (Fsp3) is 0.250. The molecule has 2 nitrogen and oxygen atoms in total. The van der Waals surface area contributed by atoms with Crippen LogP contribution in [0.1, 0.15) is 24.2 Å². The first-order valence-corrected chi connectivity index (χ1v) is 6.06. The van der Waals surface area contributed by atoms with E-state index in [0.29, 0.717) is 0 Å². The highest BCUT2D eigenvalue weighted by atomic mass is 32.1. The molecule has 0 radical (unpaired) electrons. The lowest BCUT2D eigenvalue weighted by atomic mass is 10.1. The maximum Gasteiger partial charge on any atom is 0.123 e. The topological polar surface area (TPSA) is 24.9 Å². The van der Waals surface area contributed by atoms with Crippen LogP contribution in [-0.2, 0) is 6.54 Å². The normalized spacial score (nSPS) is 12.6. The van der Waals surface area contributed by atoms with Crippen molar-refractivity contribution in [3.8, 4) is 0 Å². The number of nitrogens with zero attached hydrogens (tertiary/aromatic N) is 1. The minimum atomic E-state index is -0.199. The van der Waals surface area contributed by atoms with E-state index >= 15 is 0 Å². The zero-order valence-electron chi connectivity index (χ0n) is 8.98. The maximum absolute atomic E-state index is 12.7. The van der Waals surface area contributed by atoms with E-state index in [1.54, 1.807) is 23.5 Å². The van der Waals surface area contributed by atoms with E-state index < -0.39 is 0 Å². The number of hydrogen-bond donors (Lipinski definition) is 1. The summed E-state index contributed by atoms with van der Waals surface area (Å²) in [6.07, 6.45) is 0. The van der Waals surface area contributed by atoms with Crippen LogP contribution in [0.4, 0.5) is 4.39 Å². The summed E-state index contributed by atoms with van der Waals surface area (Å²) < 4.78 is 12.7. The predicted molar refractivity (Wildman–Crippen MR) is 63.8 cm³/mol. The molecular formula is C12H13FN2S. The minimum absolute atomic E-state index is 0.197. The van der Waals surface area contributed by atoms with E-state index in [1.807, 2.05) is 10.9 Å². The van der Waals surface area contributed by atoms with Gasteiger partial charge in [-0.05, 0) is 24.6 Å². The third kappa shape index (κ3) is 2.87. The van der Waals surface area contributed by atoms with E-state index in [1.165, 1.54) is 12.1 Å². The van der Waals surface area contributed by atoms with E-state index in [-0.39, 0.29) is 11.9 Å². The van der Waals surface area contributed by atoms with Gasteiger partial charge in [-0.1, -0.05) is 12.1 Å². The summed E-state index contributed by atoms with van der Waals surface area (Å²) in [6.45, 7) is 2.79. The van der Waals surface area contributed by atoms with E-state index in [0.717, 1.165) is 17.8 Å². The molecule has 4 heteroatoms. The predicted octanol–water partition coefficient (Wildman–Crippen LogP) is 3.13. The number of benzene rings is 1. The first-order chi connectivity index (χ1) is 7.75. The largest absolute Gasteiger partial charge is 0.305 e. The van der Waals surface area contributed by atoms with E-state index in [9.17, 15) is 4.39 Å². The Morgan fingerprint density at radius 2 is 2.12 bits per heavy atom. The molecule has 0 aliphatic carbocycles. The highest BCUT2D eigenvalue weighted by molar-refractivity contribution is 7.07. The van der Waals surface area contributed by atoms with Gasteiger partial charge in [0.2, 0.25) is 0 Å². The van der Waals surface area contributed by atoms with Crippen molar-refractivity contribution in [2.24, 2.45) is 0 Å². The Kier molecular flexibility index (Phi) is 3.64. The van der Waals surface area contributed by atoms with Gasteiger partial charge in [0, 0.05) is 18.0 Å². The lowest BCUT2D eigenvalue weighted by Gasteiger charge is -2.13. The number of halogens is 1. The zero-order valence-corrected chi connectivity index (χ0v) is 9.80. The van der Waals surface area contributed by atoms with Crippen molar-refractivity contribution in [3.05, 3.63) is 52.2 Å². The molecule has 1 aromatic heterocycles. The van der Waals surface area contributed by atoms with Gasteiger partial charge in [-0.3, -0.25) is 0 Å². The Morgan fingerprint density at radius 3 is 2.75 bits per heavy atom. The summed E-state index contributed by atoms with van der Waals surface area (Å²) in [5, 5.41) is 5.36. The summed E-state index contributed by atoms with van der Waals surface area (Å²) >= 11 is 1.59. The van der Waals surface area contributed by atoms with Gasteiger partial charge >= 0.3 is 0 Å². The third-order valence-corrected chi connectivity index (χ3v) is 3.08. The van der Waals surface area contributed by atoms with Gasteiger partial charge in [0.15, 0.2) is 0 Å². The van der Waals surface area contributed by atoms with Crippen molar-refractivity contribution in [3.63, 3.8) is 0 Å². The second kappa shape index (κ2) is 5.18. The Morgan fingerprint density at radius 1 is 1.38 bits per heavy atom. The number of rotatable bonds is 4. The molecule has 0 aliphatic rings. The molecule has 0 fully saturated rings. The fourth-order valence-electron chi connectivity index (χ4n) is 1.45. The Bertz CT molecular complexity index is 425. The molecule has 2 rings (SSSR count). The molecule has 2 aromatic rings. The Labute approximate surface area is 98.2 Å². The number of hydrogen-bond acceptors (Lipinski definition) is 3. The van der Waals surface area contributed by atoms with Gasteiger partial charge in [-0.2, -0.15) is 0 Å². The molecule has 0 saturated heterocycles. The summed E-state index contributed by atoms with van der Waals surface area (Å²) in [6, 6.07) is 6.76. The lowest BCUT2D eigenvalue weighted by molar-refractivity contribution is 0.566. The van der Waals surface area contributed by atoms with Gasteiger partial charge < -0.3 is 5.32 Å². The molecule has 0 aliphatic heterocycles. The Balaban J connectivity index is 1.93. The molecule has 1 N–H and O–H groups in total. The molecule has 1 aromatic carbocycles. The van der Waals surface area contributed by atoms with Crippen LogP contribution in [0.5, 0.6) is 0 Å². The average molecular weight is 236 g/mol. The van der Waals surface area contributed by atoms with Crippen LogP contribution in [0.2, 0.25) is 0 Å². The first-order valence-electron chi connectivity index (χ1n) is 5.11. The molecule has 0 bridgehead atoms. The van der Waals surface area contributed by atoms with Crippen molar-refractivity contribution >= 4 is 11.3 Å². The molecule has 0 spiro atoms. The van der Waals surface area contributed by atoms with Crippen molar-refractivity contribution in [1.82, 2.24) is 10.3 Å². The Hall–Kier alpha value is -1.26. The highest BCUT2D eigenvalue weighted by Crippen LogP contribution is 2.13. The van der Waals surface area contributed by atoms with Crippen molar-refractivity contribution in [1.29, 1.82) is 0 Å². The quantitative estimate of drug-likeness (QED) is 0.882. The number of aromatic nitrogens is 1. The molecule has 0 amide bonds. The van der Waals surface area contributed by atoms with Crippen molar-refractivity contribution < 1.29 is 4.39 Å². The molecule has 1 heterocycles. The number of nitrogens with one attached hydrogen (secondary N) is 1. The second-order valence-corrected chi connectivity index (χ2v) is 4.35. The summed E-state index contributed by atoms with van der Waals surface area (Å²) in [7, 11) is 0. The summed E-state index contributed by atoms with van der Waals surface area (Å²) in [4.78, 5) is 4.19. The van der Waals surface area contributed by atoms with Crippen molar-refractivity contribution in [2.45, 2.75) is 19.5 Å². The van der Waals surface area contributed by atoms with E-state index in [4.69, 9.17) is 0 Å². The summed E-state index contributed by atoms with van der Waals surface area (Å²) in [5.41, 5.74) is 3.94. The zero-order chi connectivity index (χ0) is 11.4. The van der Waals surface area contributed by atoms with Crippen LogP contribution in [0.15, 0.2) is 35.2 Å². The van der Waals surface area contributed by atoms with Gasteiger partial charge in [0.05, 0.1) is 11.2 Å². The smallest absolute Gasteiger partial charge is 0.123 e. The van der Waals surface area contributed by atoms with Crippen LogP contribution in [0, 0.1) is 5.82 Å². The van der Waals surface area contributed by atoms with Crippen LogP contribution in [0.25, 0.3) is 0 Å². The van der Waals surface area contributed by atoms with Crippen LogP contribution in [0.3, 0.4) is 0 Å². The molecule has 0 unspecified atom stereocenters. The van der Waals surface area contributed by atoms with Crippen LogP contribution in [-0.4, -0.2) is 4.98 Å². The second-order valence-electron chi connectivity index (χ2n) is 3.63. The van der Waals surface area contributed by atoms with E-state index in [2.05, 4.69) is 17.2 Å². The maximum atomic E-state index is 12.7. The van der Waals surface area contributed by atoms with Crippen LogP contribution >= 0.6 is 11.3 Å². The van der Waals surface area contributed by atoms with Gasteiger partial charge in [0.1, 0.15) is 5.82 Å². The van der Waals surface area contributed by atoms with Crippen LogP contribution < -0.4 is 5.32 Å². The van der Waals surface area contributed by atoms with Crippen molar-refractivity contribution in [2.75, 3.05) is 0 Å². The molecule has 16 heavy (non-hydrogen) atoms. The minimum Gasteiger partial charge on any atom is -0.305 e. The monoisotopic (exact) mass is 236 g/mol. The summed E-state index contributed by atoms with van der Waals surface area (Å²) in [5.74, 6) is -0.199. The van der Waals surface area contributed by atoms with Gasteiger partial charge in [-0.25, -0.2) is 9.37 Å². The first kappa shape index (κ1) is 11.2. The molecule has 84 valence electrons. The number of thiazole rings is 1. The molecular weight excluding hydrogens is 223 g/mol. The lowest BCUT2D eigenvalue weighted by Crippen LogP contribution is -2.18. The fourth-order valence-corrected chi connectivity index (χ4v) is 2.01. The molecule has 0 saturated carbocycles. The highest BCUT2D eigenvalue weighted by Gasteiger charge is 2.05. The van der Waals surface area contributed by atoms with Gasteiger partial charge in [0.25, 0.3) is 0 Å². The average Bonchev–Trinajstić information content (AvgIpc) is 2.80. The third-order valence-electron chi connectivity index (χ3n) is 2.44. The SMILES string of the molecule is C[C@H](NCc1cscn1)c1ccc(F)cc1. The van der Waals surface area contributed by atoms with Gasteiger partial charge in [-0.15, -0.1) is 11.3 Å².